The predicted octanol–water partition coefficient (Wildman–Crippen LogP) is 0.669. The molecule has 0 N–H and O–H groups in total. The molecule has 0 bridgehead atoms. The van der Waals surface area contributed by atoms with Crippen LogP contribution in [-0.2, 0) is 41.5 Å². The van der Waals surface area contributed by atoms with Gasteiger partial charge in [0, 0.05) is 13.2 Å². The van der Waals surface area contributed by atoms with Gasteiger partial charge in [0.2, 0.25) is 0 Å². The predicted molar refractivity (Wildman–Crippen MR) is 143 cm³/mol. The van der Waals surface area contributed by atoms with Crippen LogP contribution in [0.15, 0.2) is 66.7 Å². The van der Waals surface area contributed by atoms with Gasteiger partial charge in [0.05, 0.1) is 22.1 Å². The van der Waals surface area contributed by atoms with Crippen LogP contribution in [0.3, 0.4) is 0 Å². The van der Waals surface area contributed by atoms with E-state index in [2.05, 4.69) is 35.1 Å². The standard InChI is InChI=1S/C29H33N5O2.2ClH.V/c1-3-5-18-35-20-33-26-16-9-7-12-22(26)31-28(33)24-14-11-15-25(30-24)29-32-23-13-8-10-17-27(23)34(29)21-36-19-6-4-2;;;/h7-17H,3-6,18-21H2,1-2H3;2*1H;/q;;;+2/p-2. The summed E-state index contributed by atoms with van der Waals surface area (Å²) in [6.45, 7) is 6.64. The van der Waals surface area contributed by atoms with Crippen molar-refractivity contribution in [3.8, 4) is 23.0 Å². The van der Waals surface area contributed by atoms with Crippen molar-refractivity contribution in [3.63, 3.8) is 0 Å². The van der Waals surface area contributed by atoms with E-state index >= 15 is 0 Å². The summed E-state index contributed by atoms with van der Waals surface area (Å²) in [6, 6.07) is 22.3. The first-order valence-corrected chi connectivity index (χ1v) is 12.8. The van der Waals surface area contributed by atoms with Crippen molar-refractivity contribution in [2.75, 3.05) is 13.2 Å². The smallest absolute Gasteiger partial charge is 1.00 e. The van der Waals surface area contributed by atoms with Crippen LogP contribution < -0.4 is 24.8 Å². The Kier molecular flexibility index (Phi) is 13.5. The molecular weight excluding hydrogens is 572 g/mol. The SMILES string of the molecule is CCCCOCn1c(-c2cccc(-c3nc4ccccc4n3COCCCC)n2)nc2ccccc21.[Cl-].[Cl-].[V+2]. The topological polar surface area (TPSA) is 67.0 Å². The second-order valence-electron chi connectivity index (χ2n) is 8.89. The number of imidazole rings is 2. The molecule has 0 aliphatic carbocycles. The zero-order chi connectivity index (χ0) is 24.7. The molecular formula is C29H33Cl2N5O2V. The Hall–Kier alpha value is -2.39. The Labute approximate surface area is 254 Å². The first-order chi connectivity index (χ1) is 17.8. The molecule has 3 aromatic heterocycles. The van der Waals surface area contributed by atoms with E-state index in [1.54, 1.807) is 0 Å². The van der Waals surface area contributed by atoms with Crippen LogP contribution in [0.25, 0.3) is 45.1 Å². The van der Waals surface area contributed by atoms with Gasteiger partial charge in [0.15, 0.2) is 11.6 Å². The number of para-hydroxylation sites is 4. The van der Waals surface area contributed by atoms with Gasteiger partial charge < -0.3 is 34.3 Å². The van der Waals surface area contributed by atoms with E-state index in [1.165, 1.54) is 0 Å². The van der Waals surface area contributed by atoms with Gasteiger partial charge in [-0.2, -0.15) is 0 Å². The molecule has 7 nitrogen and oxygen atoms in total. The summed E-state index contributed by atoms with van der Waals surface area (Å²) >= 11 is 0. The Morgan fingerprint density at radius 2 is 1.03 bits per heavy atom. The van der Waals surface area contributed by atoms with Crippen LogP contribution in [0.4, 0.5) is 0 Å². The van der Waals surface area contributed by atoms with Gasteiger partial charge in [0.1, 0.15) is 24.8 Å². The van der Waals surface area contributed by atoms with E-state index in [1.807, 2.05) is 54.6 Å². The van der Waals surface area contributed by atoms with Crippen LogP contribution in [0, 0.1) is 0 Å². The van der Waals surface area contributed by atoms with Gasteiger partial charge in [-0.3, -0.25) is 9.13 Å². The van der Waals surface area contributed by atoms with E-state index in [9.17, 15) is 0 Å². The average molecular weight is 605 g/mol. The van der Waals surface area contributed by atoms with Crippen molar-refractivity contribution in [1.82, 2.24) is 24.1 Å². The van der Waals surface area contributed by atoms with Crippen molar-refractivity contribution in [2.45, 2.75) is 53.0 Å². The van der Waals surface area contributed by atoms with E-state index in [4.69, 9.17) is 24.4 Å². The minimum atomic E-state index is 0. The second-order valence-corrected chi connectivity index (χ2v) is 8.89. The van der Waals surface area contributed by atoms with Gasteiger partial charge in [-0.25, -0.2) is 15.0 Å². The maximum Gasteiger partial charge on any atom is 2.00 e. The van der Waals surface area contributed by atoms with Crippen LogP contribution in [0.5, 0.6) is 0 Å². The molecule has 0 amide bonds. The number of hydrogen-bond donors (Lipinski definition) is 0. The molecule has 0 atom stereocenters. The van der Waals surface area contributed by atoms with Crippen LogP contribution in [-0.4, -0.2) is 37.3 Å². The van der Waals surface area contributed by atoms with E-state index < -0.39 is 0 Å². The molecule has 10 heteroatoms. The number of aromatic nitrogens is 5. The number of halogens is 2. The fourth-order valence-corrected chi connectivity index (χ4v) is 4.29. The van der Waals surface area contributed by atoms with Crippen LogP contribution in [0.2, 0.25) is 0 Å². The summed E-state index contributed by atoms with van der Waals surface area (Å²) in [5, 5.41) is 0. The average Bonchev–Trinajstić information content (AvgIpc) is 3.48. The molecule has 2 aromatic carbocycles. The number of nitrogens with zero attached hydrogens (tertiary/aromatic N) is 5. The Balaban J connectivity index is 0.00000178. The third kappa shape index (κ3) is 7.43. The number of hydrogen-bond acceptors (Lipinski definition) is 5. The molecule has 39 heavy (non-hydrogen) atoms. The van der Waals surface area contributed by atoms with Crippen molar-refractivity contribution in [1.29, 1.82) is 0 Å². The van der Waals surface area contributed by atoms with Crippen molar-refractivity contribution >= 4 is 22.1 Å². The third-order valence-corrected chi connectivity index (χ3v) is 6.24. The van der Waals surface area contributed by atoms with Gasteiger partial charge in [-0.05, 0) is 49.2 Å². The summed E-state index contributed by atoms with van der Waals surface area (Å²) in [5.74, 6) is 1.58. The number of rotatable bonds is 12. The zero-order valence-corrected chi connectivity index (χ0v) is 25.2. The summed E-state index contributed by atoms with van der Waals surface area (Å²) < 4.78 is 16.2. The second kappa shape index (κ2) is 16.0. The quantitative estimate of drug-likeness (QED) is 0.196. The zero-order valence-electron chi connectivity index (χ0n) is 22.3. The molecule has 0 unspecified atom stereocenters. The molecule has 1 radical (unpaired) electrons. The molecule has 5 aromatic rings. The molecule has 0 aliphatic rings. The van der Waals surface area contributed by atoms with Gasteiger partial charge in [-0.15, -0.1) is 0 Å². The van der Waals surface area contributed by atoms with Gasteiger partial charge in [0.25, 0.3) is 0 Å². The largest absolute Gasteiger partial charge is 2.00 e. The number of fused-ring (bicyclic) bond motifs is 2. The van der Waals surface area contributed by atoms with Crippen LogP contribution in [0.1, 0.15) is 39.5 Å². The minimum absolute atomic E-state index is 0. The summed E-state index contributed by atoms with van der Waals surface area (Å²) in [5.41, 5.74) is 5.49. The first-order valence-electron chi connectivity index (χ1n) is 12.8. The van der Waals surface area contributed by atoms with E-state index in [-0.39, 0.29) is 43.4 Å². The molecule has 0 saturated carbocycles. The van der Waals surface area contributed by atoms with Crippen molar-refractivity contribution in [2.24, 2.45) is 0 Å². The maximum atomic E-state index is 5.99. The maximum absolute atomic E-state index is 5.99. The Bertz CT molecular complexity index is 1350. The molecule has 5 rings (SSSR count). The molecule has 3 heterocycles. The van der Waals surface area contributed by atoms with Crippen molar-refractivity contribution in [3.05, 3.63) is 66.7 Å². The number of benzene rings is 2. The Morgan fingerprint density at radius 3 is 1.46 bits per heavy atom. The van der Waals surface area contributed by atoms with E-state index in [0.29, 0.717) is 13.5 Å². The summed E-state index contributed by atoms with van der Waals surface area (Å²) in [6.07, 6.45) is 4.27. The number of pyridine rings is 1. The Morgan fingerprint density at radius 1 is 0.590 bits per heavy atom. The van der Waals surface area contributed by atoms with Crippen LogP contribution >= 0.6 is 0 Å². The van der Waals surface area contributed by atoms with Crippen molar-refractivity contribution < 1.29 is 52.8 Å². The molecule has 205 valence electrons. The minimum Gasteiger partial charge on any atom is -1.00 e. The molecule has 0 saturated heterocycles. The number of unbranched alkanes of at least 4 members (excludes halogenated alkanes) is 2. The monoisotopic (exact) mass is 604 g/mol. The molecule has 0 fully saturated rings. The van der Waals surface area contributed by atoms with E-state index in [0.717, 1.165) is 84.0 Å². The first kappa shape index (κ1) is 32.8. The van der Waals surface area contributed by atoms with Gasteiger partial charge >= 0.3 is 18.6 Å². The summed E-state index contributed by atoms with van der Waals surface area (Å²) in [4.78, 5) is 14.9. The third-order valence-electron chi connectivity index (χ3n) is 6.24. The van der Waals surface area contributed by atoms with Gasteiger partial charge in [-0.1, -0.05) is 57.0 Å². The summed E-state index contributed by atoms with van der Waals surface area (Å²) in [7, 11) is 0. The fraction of sp³-hybridized carbons (Fsp3) is 0.345. The number of ether oxygens (including phenoxy) is 2. The normalized spacial score (nSPS) is 10.7. The fourth-order valence-electron chi connectivity index (χ4n) is 4.29. The molecule has 0 aliphatic heterocycles. The molecule has 0 spiro atoms.